The average molecular weight is 431 g/mol. The molecule has 1 amide bonds. The Hall–Kier alpha value is -1.53. The zero-order valence-corrected chi connectivity index (χ0v) is 17.6. The third kappa shape index (κ3) is 6.54. The number of pyridine rings is 1. The lowest BCUT2D eigenvalue weighted by molar-refractivity contribution is -0.120. The van der Waals surface area contributed by atoms with Crippen LogP contribution in [-0.2, 0) is 4.79 Å². The minimum Gasteiger partial charge on any atom is -0.482 e. The highest BCUT2D eigenvalue weighted by Crippen LogP contribution is 2.27. The van der Waals surface area contributed by atoms with Crippen LogP contribution in [0.3, 0.4) is 0 Å². The molecular formula is C19H22Cl3N3O2. The monoisotopic (exact) mass is 429 g/mol. The van der Waals surface area contributed by atoms with Crippen LogP contribution >= 0.6 is 34.8 Å². The molecule has 1 aromatic heterocycles. The predicted octanol–water partition coefficient (Wildman–Crippen LogP) is 4.80. The topological polar surface area (TPSA) is 45.7 Å². The first kappa shape index (κ1) is 21.8. The second-order valence-corrected chi connectivity index (χ2v) is 6.99. The Morgan fingerprint density at radius 1 is 1.07 bits per heavy atom. The molecule has 8 heteroatoms. The standard InChI is InChI=1S/C19H22Cl3N3O2/c1-3-24(4-2)10-11-25(18-7-5-6-17(22)23-18)19(26)13-27-16-9-8-14(20)12-15(16)21/h5-9,12H,3-4,10-11,13H2,1-2H3. The van der Waals surface area contributed by atoms with Crippen molar-refractivity contribution in [1.29, 1.82) is 0 Å². The number of amides is 1. The third-order valence-electron chi connectivity index (χ3n) is 4.06. The minimum absolute atomic E-state index is 0.173. The van der Waals surface area contributed by atoms with Crippen LogP contribution in [0, 0.1) is 0 Å². The molecule has 0 aliphatic heterocycles. The first-order valence-corrected chi connectivity index (χ1v) is 9.81. The van der Waals surface area contributed by atoms with Crippen LogP contribution in [0.25, 0.3) is 0 Å². The molecule has 1 heterocycles. The van der Waals surface area contributed by atoms with Gasteiger partial charge in [-0.25, -0.2) is 4.98 Å². The van der Waals surface area contributed by atoms with Crippen molar-refractivity contribution in [1.82, 2.24) is 9.88 Å². The molecule has 0 saturated heterocycles. The maximum Gasteiger partial charge on any atom is 0.266 e. The van der Waals surface area contributed by atoms with Gasteiger partial charge in [-0.05, 0) is 43.4 Å². The van der Waals surface area contributed by atoms with E-state index in [0.29, 0.717) is 39.9 Å². The van der Waals surface area contributed by atoms with Gasteiger partial charge in [0.25, 0.3) is 5.91 Å². The number of anilines is 1. The van der Waals surface area contributed by atoms with E-state index < -0.39 is 0 Å². The highest BCUT2D eigenvalue weighted by Gasteiger charge is 2.19. The number of hydrogen-bond donors (Lipinski definition) is 0. The summed E-state index contributed by atoms with van der Waals surface area (Å²) in [6.45, 7) is 6.99. The summed E-state index contributed by atoms with van der Waals surface area (Å²) in [5.41, 5.74) is 0. The molecule has 0 aliphatic carbocycles. The molecule has 0 radical (unpaired) electrons. The lowest BCUT2D eigenvalue weighted by atomic mass is 10.3. The molecule has 27 heavy (non-hydrogen) atoms. The van der Waals surface area contributed by atoms with Crippen molar-refractivity contribution in [2.45, 2.75) is 13.8 Å². The van der Waals surface area contributed by atoms with Gasteiger partial charge >= 0.3 is 0 Å². The number of ether oxygens (including phenoxy) is 1. The molecule has 1 aromatic carbocycles. The van der Waals surface area contributed by atoms with Gasteiger partial charge in [-0.1, -0.05) is 54.7 Å². The van der Waals surface area contributed by atoms with Crippen LogP contribution in [0.4, 0.5) is 5.82 Å². The lowest BCUT2D eigenvalue weighted by Gasteiger charge is -2.26. The fourth-order valence-electron chi connectivity index (χ4n) is 2.51. The van der Waals surface area contributed by atoms with Crippen LogP contribution < -0.4 is 9.64 Å². The average Bonchev–Trinajstić information content (AvgIpc) is 2.64. The first-order chi connectivity index (χ1) is 12.9. The third-order valence-corrected chi connectivity index (χ3v) is 4.80. The SMILES string of the molecule is CCN(CC)CCN(C(=O)COc1ccc(Cl)cc1Cl)c1cccc(Cl)n1. The number of rotatable bonds is 9. The number of likely N-dealkylation sites (N-methyl/N-ethyl adjacent to an activating group) is 1. The van der Waals surface area contributed by atoms with Gasteiger partial charge in [0.2, 0.25) is 0 Å². The van der Waals surface area contributed by atoms with E-state index in [4.69, 9.17) is 39.5 Å². The fourth-order valence-corrected chi connectivity index (χ4v) is 3.13. The van der Waals surface area contributed by atoms with E-state index in [1.165, 1.54) is 0 Å². The normalized spacial score (nSPS) is 10.9. The molecule has 0 atom stereocenters. The summed E-state index contributed by atoms with van der Waals surface area (Å²) in [5, 5.41) is 1.18. The van der Waals surface area contributed by atoms with Gasteiger partial charge in [0, 0.05) is 18.1 Å². The van der Waals surface area contributed by atoms with Crippen LogP contribution in [0.15, 0.2) is 36.4 Å². The molecule has 2 aromatic rings. The Labute approximate surface area is 174 Å². The van der Waals surface area contributed by atoms with Crippen molar-refractivity contribution in [2.75, 3.05) is 37.7 Å². The van der Waals surface area contributed by atoms with Crippen LogP contribution in [0.2, 0.25) is 15.2 Å². The predicted molar refractivity (Wildman–Crippen MR) is 111 cm³/mol. The molecule has 0 aliphatic rings. The van der Waals surface area contributed by atoms with Crippen molar-refractivity contribution in [3.8, 4) is 5.75 Å². The number of nitrogens with zero attached hydrogens (tertiary/aromatic N) is 3. The summed E-state index contributed by atoms with van der Waals surface area (Å²) in [7, 11) is 0. The molecule has 2 rings (SSSR count). The van der Waals surface area contributed by atoms with E-state index in [0.717, 1.165) is 13.1 Å². The highest BCUT2D eigenvalue weighted by molar-refractivity contribution is 6.35. The van der Waals surface area contributed by atoms with E-state index >= 15 is 0 Å². The summed E-state index contributed by atoms with van der Waals surface area (Å²) in [5.74, 6) is 0.658. The Morgan fingerprint density at radius 2 is 1.81 bits per heavy atom. The van der Waals surface area contributed by atoms with Gasteiger partial charge in [-0.3, -0.25) is 9.69 Å². The summed E-state index contributed by atoms with van der Waals surface area (Å²) < 4.78 is 5.59. The molecule has 0 spiro atoms. The fraction of sp³-hybridized carbons (Fsp3) is 0.368. The number of carbonyl (C=O) groups is 1. The number of aromatic nitrogens is 1. The molecule has 5 nitrogen and oxygen atoms in total. The van der Waals surface area contributed by atoms with E-state index in [1.54, 1.807) is 41.3 Å². The van der Waals surface area contributed by atoms with Gasteiger partial charge in [0.15, 0.2) is 6.61 Å². The van der Waals surface area contributed by atoms with Crippen LogP contribution in [0.1, 0.15) is 13.8 Å². The van der Waals surface area contributed by atoms with Gasteiger partial charge in [0.1, 0.15) is 16.7 Å². The van der Waals surface area contributed by atoms with Gasteiger partial charge in [-0.15, -0.1) is 0 Å². The quantitative estimate of drug-likeness (QED) is 0.536. The Kier molecular flexibility index (Phi) is 8.64. The van der Waals surface area contributed by atoms with E-state index in [1.807, 2.05) is 0 Å². The van der Waals surface area contributed by atoms with Gasteiger partial charge in [-0.2, -0.15) is 0 Å². The van der Waals surface area contributed by atoms with Crippen molar-refractivity contribution in [3.63, 3.8) is 0 Å². The van der Waals surface area contributed by atoms with Crippen LogP contribution in [-0.4, -0.2) is 48.6 Å². The van der Waals surface area contributed by atoms with E-state index in [2.05, 4.69) is 23.7 Å². The first-order valence-electron chi connectivity index (χ1n) is 8.67. The Balaban J connectivity index is 2.12. The lowest BCUT2D eigenvalue weighted by Crippen LogP contribution is -2.41. The smallest absolute Gasteiger partial charge is 0.266 e. The second kappa shape index (κ2) is 10.7. The van der Waals surface area contributed by atoms with Gasteiger partial charge in [0.05, 0.1) is 5.02 Å². The van der Waals surface area contributed by atoms with Crippen molar-refractivity contribution in [2.24, 2.45) is 0 Å². The van der Waals surface area contributed by atoms with Crippen molar-refractivity contribution in [3.05, 3.63) is 51.6 Å². The molecule has 0 fully saturated rings. The van der Waals surface area contributed by atoms with E-state index in [9.17, 15) is 4.79 Å². The Bertz CT molecular complexity index is 770. The zero-order valence-electron chi connectivity index (χ0n) is 15.3. The summed E-state index contributed by atoms with van der Waals surface area (Å²) in [4.78, 5) is 20.9. The van der Waals surface area contributed by atoms with Gasteiger partial charge < -0.3 is 9.64 Å². The zero-order chi connectivity index (χ0) is 19.8. The minimum atomic E-state index is -0.233. The second-order valence-electron chi connectivity index (χ2n) is 5.75. The van der Waals surface area contributed by atoms with Crippen LogP contribution in [0.5, 0.6) is 5.75 Å². The highest BCUT2D eigenvalue weighted by atomic mass is 35.5. The number of halogens is 3. The molecule has 146 valence electrons. The molecule has 0 unspecified atom stereocenters. The number of benzene rings is 1. The summed E-state index contributed by atoms with van der Waals surface area (Å²) in [6, 6.07) is 10.0. The van der Waals surface area contributed by atoms with E-state index in [-0.39, 0.29) is 12.5 Å². The van der Waals surface area contributed by atoms with Crippen molar-refractivity contribution < 1.29 is 9.53 Å². The van der Waals surface area contributed by atoms with Crippen molar-refractivity contribution >= 4 is 46.5 Å². The molecule has 0 bridgehead atoms. The Morgan fingerprint density at radius 3 is 2.44 bits per heavy atom. The summed E-state index contributed by atoms with van der Waals surface area (Å²) >= 11 is 18.0. The molecule has 0 saturated carbocycles. The summed E-state index contributed by atoms with van der Waals surface area (Å²) in [6.07, 6.45) is 0. The molecule has 0 N–H and O–H groups in total. The largest absolute Gasteiger partial charge is 0.482 e. The maximum absolute atomic E-state index is 12.8. The number of carbonyl (C=O) groups excluding carboxylic acids is 1. The number of hydrogen-bond acceptors (Lipinski definition) is 4. The maximum atomic E-state index is 12.8. The molecular weight excluding hydrogens is 409 g/mol.